The fourth-order valence-corrected chi connectivity index (χ4v) is 3.19. The molecule has 0 radical (unpaired) electrons. The molecule has 0 amide bonds. The van der Waals surface area contributed by atoms with Gasteiger partial charge < -0.3 is 15.0 Å². The predicted molar refractivity (Wildman–Crippen MR) is 112 cm³/mol. The molecule has 1 saturated heterocycles. The molecule has 0 aliphatic carbocycles. The maximum absolute atomic E-state index is 12.7. The number of hydrogen-bond donors (Lipinski definition) is 1. The molecule has 0 bridgehead atoms. The Labute approximate surface area is 173 Å². The monoisotopic (exact) mass is 409 g/mol. The highest BCUT2D eigenvalue weighted by atomic mass is 35.5. The molecule has 1 aliphatic heterocycles. The first-order valence-corrected chi connectivity index (χ1v) is 9.70. The number of carbonyl (C=O) groups is 1. The van der Waals surface area contributed by atoms with Gasteiger partial charge in [-0.2, -0.15) is 0 Å². The number of morpholine rings is 1. The van der Waals surface area contributed by atoms with Crippen LogP contribution in [0.3, 0.4) is 0 Å². The van der Waals surface area contributed by atoms with Crippen molar-refractivity contribution in [3.05, 3.63) is 71.4 Å². The van der Waals surface area contributed by atoms with E-state index >= 15 is 0 Å². The summed E-state index contributed by atoms with van der Waals surface area (Å²) in [5, 5.41) is 3.94. The second-order valence-corrected chi connectivity index (χ2v) is 7.06. The Morgan fingerprint density at radius 2 is 1.86 bits per heavy atom. The highest BCUT2D eigenvalue weighted by molar-refractivity contribution is 6.30. The first-order chi connectivity index (χ1) is 14.2. The fourth-order valence-electron chi connectivity index (χ4n) is 3.06. The molecule has 0 unspecified atom stereocenters. The molecule has 8 heteroatoms. The standard InChI is InChI=1S/C21H20ClN5O2/c22-16-1-3-17(4-2-16)26-18-12-23-6-5-15(18)11-20(28)19-13-25-21(14-24-19)27-7-9-29-10-8-27/h1-6,12-14,26H,7-11H2. The normalized spacial score (nSPS) is 13.9. The summed E-state index contributed by atoms with van der Waals surface area (Å²) >= 11 is 5.94. The van der Waals surface area contributed by atoms with Crippen LogP contribution in [0.15, 0.2) is 55.1 Å². The lowest BCUT2D eigenvalue weighted by Gasteiger charge is -2.27. The van der Waals surface area contributed by atoms with Crippen molar-refractivity contribution < 1.29 is 9.53 Å². The summed E-state index contributed by atoms with van der Waals surface area (Å²) in [6.45, 7) is 2.90. The van der Waals surface area contributed by atoms with E-state index < -0.39 is 0 Å². The molecule has 4 rings (SSSR count). The Balaban J connectivity index is 1.46. The smallest absolute Gasteiger partial charge is 0.187 e. The zero-order valence-electron chi connectivity index (χ0n) is 15.7. The van der Waals surface area contributed by atoms with Gasteiger partial charge in [-0.05, 0) is 35.9 Å². The van der Waals surface area contributed by atoms with Crippen LogP contribution in [-0.4, -0.2) is 47.0 Å². The number of nitrogens with one attached hydrogen (secondary N) is 1. The van der Waals surface area contributed by atoms with E-state index in [-0.39, 0.29) is 12.2 Å². The molecule has 1 N–H and O–H groups in total. The predicted octanol–water partition coefficient (Wildman–Crippen LogP) is 3.53. The van der Waals surface area contributed by atoms with Crippen LogP contribution >= 0.6 is 11.6 Å². The Hall–Kier alpha value is -3.03. The van der Waals surface area contributed by atoms with Crippen LogP contribution in [-0.2, 0) is 11.2 Å². The van der Waals surface area contributed by atoms with E-state index in [9.17, 15) is 4.79 Å². The van der Waals surface area contributed by atoms with Gasteiger partial charge in [-0.15, -0.1) is 0 Å². The van der Waals surface area contributed by atoms with Crippen LogP contribution < -0.4 is 10.2 Å². The summed E-state index contributed by atoms with van der Waals surface area (Å²) < 4.78 is 5.35. The molecular weight excluding hydrogens is 390 g/mol. The van der Waals surface area contributed by atoms with Crippen LogP contribution in [0.25, 0.3) is 0 Å². The minimum Gasteiger partial charge on any atom is -0.378 e. The molecule has 0 saturated carbocycles. The number of rotatable bonds is 6. The SMILES string of the molecule is O=C(Cc1ccncc1Nc1ccc(Cl)cc1)c1cnc(N2CCOCC2)cn1. The Morgan fingerprint density at radius 3 is 2.59 bits per heavy atom. The van der Waals surface area contributed by atoms with Gasteiger partial charge in [-0.3, -0.25) is 9.78 Å². The number of halogens is 1. The summed E-state index contributed by atoms with van der Waals surface area (Å²) in [5.41, 5.74) is 2.81. The molecule has 29 heavy (non-hydrogen) atoms. The Kier molecular flexibility index (Phi) is 5.97. The molecule has 0 atom stereocenters. The quantitative estimate of drug-likeness (QED) is 0.624. The van der Waals surface area contributed by atoms with Gasteiger partial charge in [0.1, 0.15) is 11.5 Å². The molecule has 3 aromatic rings. The number of Topliss-reactive ketones (excluding diaryl/α,β-unsaturated/α-hetero) is 1. The molecule has 1 fully saturated rings. The zero-order chi connectivity index (χ0) is 20.1. The number of pyridine rings is 1. The van der Waals surface area contributed by atoms with Crippen molar-refractivity contribution in [3.63, 3.8) is 0 Å². The van der Waals surface area contributed by atoms with E-state index in [1.54, 1.807) is 36.9 Å². The van der Waals surface area contributed by atoms with Gasteiger partial charge in [0.05, 0.1) is 37.5 Å². The number of carbonyl (C=O) groups excluding carboxylic acids is 1. The van der Waals surface area contributed by atoms with Crippen molar-refractivity contribution in [1.29, 1.82) is 0 Å². The number of anilines is 3. The summed E-state index contributed by atoms with van der Waals surface area (Å²) in [6.07, 6.45) is 6.76. The van der Waals surface area contributed by atoms with Gasteiger partial charge in [0.15, 0.2) is 5.78 Å². The third-order valence-corrected chi connectivity index (χ3v) is 4.90. The van der Waals surface area contributed by atoms with Crippen LogP contribution in [0.5, 0.6) is 0 Å². The van der Waals surface area contributed by atoms with Gasteiger partial charge >= 0.3 is 0 Å². The van der Waals surface area contributed by atoms with Gasteiger partial charge in [0, 0.05) is 36.4 Å². The van der Waals surface area contributed by atoms with Crippen molar-refractivity contribution in [1.82, 2.24) is 15.0 Å². The summed E-state index contributed by atoms with van der Waals surface area (Å²) in [4.78, 5) is 27.7. The van der Waals surface area contributed by atoms with Crippen molar-refractivity contribution in [2.45, 2.75) is 6.42 Å². The first-order valence-electron chi connectivity index (χ1n) is 9.32. The molecule has 1 aliphatic rings. The molecule has 148 valence electrons. The molecule has 2 aromatic heterocycles. The Bertz CT molecular complexity index is 973. The topological polar surface area (TPSA) is 80.2 Å². The van der Waals surface area contributed by atoms with Crippen LogP contribution in [0.2, 0.25) is 5.02 Å². The second-order valence-electron chi connectivity index (χ2n) is 6.62. The number of benzene rings is 1. The lowest BCUT2D eigenvalue weighted by molar-refractivity contribution is 0.0987. The second kappa shape index (κ2) is 8.98. The van der Waals surface area contributed by atoms with Gasteiger partial charge in [0.2, 0.25) is 0 Å². The first kappa shape index (κ1) is 19.3. The third kappa shape index (κ3) is 4.88. The molecule has 1 aromatic carbocycles. The third-order valence-electron chi connectivity index (χ3n) is 4.64. The largest absolute Gasteiger partial charge is 0.378 e. The molecule has 3 heterocycles. The minimum absolute atomic E-state index is 0.101. The van der Waals surface area contributed by atoms with E-state index in [1.807, 2.05) is 18.2 Å². The Morgan fingerprint density at radius 1 is 1.07 bits per heavy atom. The highest BCUT2D eigenvalue weighted by Gasteiger charge is 2.16. The van der Waals surface area contributed by atoms with Crippen molar-refractivity contribution in [2.24, 2.45) is 0 Å². The number of aromatic nitrogens is 3. The summed E-state index contributed by atoms with van der Waals surface area (Å²) in [6, 6.07) is 9.17. The molecule has 0 spiro atoms. The van der Waals surface area contributed by atoms with Gasteiger partial charge in [-0.1, -0.05) is 11.6 Å². The van der Waals surface area contributed by atoms with E-state index in [1.165, 1.54) is 0 Å². The highest BCUT2D eigenvalue weighted by Crippen LogP contribution is 2.23. The number of ether oxygens (including phenoxy) is 1. The van der Waals surface area contributed by atoms with Crippen LogP contribution in [0, 0.1) is 0 Å². The fraction of sp³-hybridized carbons (Fsp3) is 0.238. The number of ketones is 1. The van der Waals surface area contributed by atoms with Crippen LogP contribution in [0.4, 0.5) is 17.2 Å². The van der Waals surface area contributed by atoms with E-state index in [4.69, 9.17) is 16.3 Å². The summed E-state index contributed by atoms with van der Waals surface area (Å²) in [7, 11) is 0. The van der Waals surface area contributed by atoms with E-state index in [0.717, 1.165) is 35.8 Å². The molecular formula is C21H20ClN5O2. The molecule has 7 nitrogen and oxygen atoms in total. The number of hydrogen-bond acceptors (Lipinski definition) is 7. The lowest BCUT2D eigenvalue weighted by Crippen LogP contribution is -2.36. The van der Waals surface area contributed by atoms with E-state index in [0.29, 0.717) is 23.9 Å². The maximum Gasteiger partial charge on any atom is 0.187 e. The van der Waals surface area contributed by atoms with Gasteiger partial charge in [0.25, 0.3) is 0 Å². The zero-order valence-corrected chi connectivity index (χ0v) is 16.5. The summed E-state index contributed by atoms with van der Waals surface area (Å²) in [5.74, 6) is 0.662. The average molecular weight is 410 g/mol. The maximum atomic E-state index is 12.7. The van der Waals surface area contributed by atoms with E-state index in [2.05, 4.69) is 25.2 Å². The van der Waals surface area contributed by atoms with Crippen LogP contribution in [0.1, 0.15) is 16.1 Å². The van der Waals surface area contributed by atoms with Crippen molar-refractivity contribution >= 4 is 34.6 Å². The average Bonchev–Trinajstić information content (AvgIpc) is 2.77. The van der Waals surface area contributed by atoms with Gasteiger partial charge in [-0.25, -0.2) is 9.97 Å². The van der Waals surface area contributed by atoms with Crippen molar-refractivity contribution in [3.8, 4) is 0 Å². The minimum atomic E-state index is -0.101. The lowest BCUT2D eigenvalue weighted by atomic mass is 10.1. The van der Waals surface area contributed by atoms with Crippen molar-refractivity contribution in [2.75, 3.05) is 36.5 Å². The number of nitrogens with zero attached hydrogens (tertiary/aromatic N) is 4.